The van der Waals surface area contributed by atoms with E-state index in [4.69, 9.17) is 0 Å². The summed E-state index contributed by atoms with van der Waals surface area (Å²) >= 11 is 1.67. The Bertz CT molecular complexity index is 1080. The fraction of sp³-hybridized carbons (Fsp3) is 0.158. The van der Waals surface area contributed by atoms with Crippen LogP contribution in [0.5, 0.6) is 0 Å². The summed E-state index contributed by atoms with van der Waals surface area (Å²) in [5.74, 6) is 0.353. The second-order valence-electron chi connectivity index (χ2n) is 6.04. The van der Waals surface area contributed by atoms with Gasteiger partial charge in [-0.3, -0.25) is 4.79 Å². The Labute approximate surface area is 154 Å². The maximum atomic E-state index is 12.4. The lowest BCUT2D eigenvalue weighted by Crippen LogP contribution is -2.20. The van der Waals surface area contributed by atoms with Crippen molar-refractivity contribution in [3.8, 4) is 10.4 Å². The van der Waals surface area contributed by atoms with Crippen molar-refractivity contribution in [2.75, 3.05) is 5.32 Å². The number of rotatable bonds is 4. The third kappa shape index (κ3) is 3.09. The molecule has 0 saturated carbocycles. The van der Waals surface area contributed by atoms with Crippen molar-refractivity contribution >= 4 is 34.1 Å². The Morgan fingerprint density at radius 1 is 1.19 bits per heavy atom. The van der Waals surface area contributed by atoms with E-state index in [9.17, 15) is 4.79 Å². The minimum absolute atomic E-state index is 0.0842. The van der Waals surface area contributed by atoms with Crippen LogP contribution in [-0.4, -0.2) is 25.7 Å². The number of hydrogen-bond donors (Lipinski definition) is 1. The molecule has 4 aromatic rings. The number of anilines is 1. The average molecular weight is 363 g/mol. The van der Waals surface area contributed by atoms with Crippen molar-refractivity contribution in [3.63, 3.8) is 0 Å². The first-order valence-electron chi connectivity index (χ1n) is 8.20. The fourth-order valence-corrected chi connectivity index (χ4v) is 3.71. The Balaban J connectivity index is 1.65. The highest BCUT2D eigenvalue weighted by molar-refractivity contribution is 7.13. The summed E-state index contributed by atoms with van der Waals surface area (Å²) in [5.41, 5.74) is 3.70. The highest BCUT2D eigenvalue weighted by Crippen LogP contribution is 2.32. The summed E-state index contributed by atoms with van der Waals surface area (Å²) in [4.78, 5) is 22.2. The number of aromatic nitrogens is 4. The zero-order valence-electron chi connectivity index (χ0n) is 14.4. The summed E-state index contributed by atoms with van der Waals surface area (Å²) in [6.07, 6.45) is 3.43. The summed E-state index contributed by atoms with van der Waals surface area (Å²) in [5, 5.41) is 10.4. The molecule has 1 N–H and O–H groups in total. The van der Waals surface area contributed by atoms with Gasteiger partial charge in [0.1, 0.15) is 12.4 Å². The Kier molecular flexibility index (Phi) is 4.22. The number of hydrogen-bond acceptors (Lipinski definition) is 5. The lowest BCUT2D eigenvalue weighted by molar-refractivity contribution is -0.116. The molecule has 0 aliphatic carbocycles. The number of carbonyl (C=O) groups excluding carboxylic acids is 1. The lowest BCUT2D eigenvalue weighted by atomic mass is 10.1. The molecule has 0 aliphatic rings. The highest BCUT2D eigenvalue weighted by Gasteiger charge is 2.16. The van der Waals surface area contributed by atoms with E-state index in [1.54, 1.807) is 28.4 Å². The van der Waals surface area contributed by atoms with Crippen LogP contribution in [0.25, 0.3) is 21.5 Å². The van der Waals surface area contributed by atoms with Crippen LogP contribution in [0.3, 0.4) is 0 Å². The topological polar surface area (TPSA) is 72.7 Å². The van der Waals surface area contributed by atoms with E-state index in [0.717, 1.165) is 27.1 Å². The van der Waals surface area contributed by atoms with Crippen molar-refractivity contribution < 1.29 is 4.79 Å². The molecule has 4 heterocycles. The number of pyridine rings is 2. The van der Waals surface area contributed by atoms with Gasteiger partial charge in [-0.05, 0) is 49.1 Å². The van der Waals surface area contributed by atoms with Gasteiger partial charge in [-0.1, -0.05) is 6.07 Å². The standard InChI is InChI=1S/C19H17N5OS/c1-12-5-7-20-16(10-12)22-17(25)11-24-19-18(13(2)23-24)14(6-8-21-19)15-4-3-9-26-15/h3-10H,11H2,1-2H3,(H,20,22,25). The molecule has 0 aliphatic heterocycles. The van der Waals surface area contributed by atoms with Gasteiger partial charge in [-0.2, -0.15) is 5.10 Å². The van der Waals surface area contributed by atoms with E-state index in [2.05, 4.69) is 26.4 Å². The Hall–Kier alpha value is -3.06. The number of aryl methyl sites for hydroxylation is 2. The van der Waals surface area contributed by atoms with Crippen molar-refractivity contribution in [1.29, 1.82) is 0 Å². The highest BCUT2D eigenvalue weighted by atomic mass is 32.1. The van der Waals surface area contributed by atoms with Crippen LogP contribution in [0.1, 0.15) is 11.3 Å². The first-order valence-corrected chi connectivity index (χ1v) is 9.08. The summed E-state index contributed by atoms with van der Waals surface area (Å²) in [6, 6.07) is 9.80. The van der Waals surface area contributed by atoms with E-state index in [1.807, 2.05) is 43.5 Å². The number of nitrogens with zero attached hydrogens (tertiary/aromatic N) is 4. The van der Waals surface area contributed by atoms with Crippen molar-refractivity contribution in [1.82, 2.24) is 19.7 Å². The predicted octanol–water partition coefficient (Wildman–Crippen LogP) is 3.81. The number of fused-ring (bicyclic) bond motifs is 1. The molecule has 0 radical (unpaired) electrons. The monoisotopic (exact) mass is 363 g/mol. The third-order valence-corrected chi connectivity index (χ3v) is 4.97. The normalized spacial score (nSPS) is 11.0. The van der Waals surface area contributed by atoms with E-state index >= 15 is 0 Å². The van der Waals surface area contributed by atoms with E-state index in [0.29, 0.717) is 11.5 Å². The van der Waals surface area contributed by atoms with Gasteiger partial charge in [0.15, 0.2) is 5.65 Å². The van der Waals surface area contributed by atoms with Gasteiger partial charge >= 0.3 is 0 Å². The SMILES string of the molecule is Cc1ccnc(NC(=O)Cn2nc(C)c3c(-c4cccs4)ccnc32)c1. The maximum Gasteiger partial charge on any atom is 0.247 e. The minimum atomic E-state index is -0.184. The van der Waals surface area contributed by atoms with Gasteiger partial charge < -0.3 is 5.32 Å². The van der Waals surface area contributed by atoms with Gasteiger partial charge in [0.2, 0.25) is 5.91 Å². The zero-order valence-corrected chi connectivity index (χ0v) is 15.2. The van der Waals surface area contributed by atoms with E-state index in [1.165, 1.54) is 0 Å². The van der Waals surface area contributed by atoms with Crippen LogP contribution in [0.15, 0.2) is 48.1 Å². The fourth-order valence-electron chi connectivity index (χ4n) is 2.95. The minimum Gasteiger partial charge on any atom is -0.309 e. The number of carbonyl (C=O) groups is 1. The first-order chi connectivity index (χ1) is 12.6. The van der Waals surface area contributed by atoms with Gasteiger partial charge in [0, 0.05) is 22.8 Å². The molecule has 26 heavy (non-hydrogen) atoms. The number of thiophene rings is 1. The van der Waals surface area contributed by atoms with Gasteiger partial charge in [0.25, 0.3) is 0 Å². The molecule has 0 atom stereocenters. The third-order valence-electron chi connectivity index (χ3n) is 4.07. The lowest BCUT2D eigenvalue weighted by Gasteiger charge is -2.06. The van der Waals surface area contributed by atoms with Gasteiger partial charge in [-0.15, -0.1) is 11.3 Å². The van der Waals surface area contributed by atoms with Crippen LogP contribution in [0.4, 0.5) is 5.82 Å². The van der Waals surface area contributed by atoms with Crippen LogP contribution >= 0.6 is 11.3 Å². The summed E-state index contributed by atoms with van der Waals surface area (Å²) in [7, 11) is 0. The molecule has 1 amide bonds. The van der Waals surface area contributed by atoms with Gasteiger partial charge in [0.05, 0.1) is 11.1 Å². The summed E-state index contributed by atoms with van der Waals surface area (Å²) < 4.78 is 1.65. The summed E-state index contributed by atoms with van der Waals surface area (Å²) in [6.45, 7) is 3.98. The number of amides is 1. The van der Waals surface area contributed by atoms with Crippen LogP contribution in [-0.2, 0) is 11.3 Å². The van der Waals surface area contributed by atoms with Gasteiger partial charge in [-0.25, -0.2) is 14.6 Å². The molecule has 0 spiro atoms. The second kappa shape index (κ2) is 6.68. The molecule has 7 heteroatoms. The molecule has 4 aromatic heterocycles. The van der Waals surface area contributed by atoms with E-state index < -0.39 is 0 Å². The smallest absolute Gasteiger partial charge is 0.247 e. The number of nitrogens with one attached hydrogen (secondary N) is 1. The molecular formula is C19H17N5OS. The van der Waals surface area contributed by atoms with E-state index in [-0.39, 0.29) is 12.5 Å². The van der Waals surface area contributed by atoms with Crippen LogP contribution < -0.4 is 5.32 Å². The molecule has 0 aromatic carbocycles. The van der Waals surface area contributed by atoms with Crippen molar-refractivity contribution in [2.24, 2.45) is 0 Å². The Morgan fingerprint density at radius 3 is 2.81 bits per heavy atom. The van der Waals surface area contributed by atoms with Crippen LogP contribution in [0, 0.1) is 13.8 Å². The molecule has 0 bridgehead atoms. The van der Waals surface area contributed by atoms with Crippen molar-refractivity contribution in [2.45, 2.75) is 20.4 Å². The molecule has 6 nitrogen and oxygen atoms in total. The Morgan fingerprint density at radius 2 is 2.04 bits per heavy atom. The molecule has 0 fully saturated rings. The molecule has 0 saturated heterocycles. The quantitative estimate of drug-likeness (QED) is 0.598. The molecular weight excluding hydrogens is 346 g/mol. The molecule has 130 valence electrons. The predicted molar refractivity (Wildman–Crippen MR) is 103 cm³/mol. The second-order valence-corrected chi connectivity index (χ2v) is 6.99. The first kappa shape index (κ1) is 16.4. The molecule has 0 unspecified atom stereocenters. The van der Waals surface area contributed by atoms with Crippen molar-refractivity contribution in [3.05, 3.63) is 59.4 Å². The van der Waals surface area contributed by atoms with Crippen LogP contribution in [0.2, 0.25) is 0 Å². The molecule has 4 rings (SSSR count). The largest absolute Gasteiger partial charge is 0.309 e. The zero-order chi connectivity index (χ0) is 18.1. The maximum absolute atomic E-state index is 12.4. The average Bonchev–Trinajstić information content (AvgIpc) is 3.24.